The number of piperidine rings is 1. The molecule has 3 rings (SSSR count). The van der Waals surface area contributed by atoms with Gasteiger partial charge in [-0.05, 0) is 30.7 Å². The molecule has 1 unspecified atom stereocenters. The average Bonchev–Trinajstić information content (AvgIpc) is 2.58. The number of piperazine rings is 1. The summed E-state index contributed by atoms with van der Waals surface area (Å²) < 4.78 is 0. The van der Waals surface area contributed by atoms with Gasteiger partial charge in [-0.25, -0.2) is 0 Å². The van der Waals surface area contributed by atoms with Gasteiger partial charge in [0.2, 0.25) is 11.8 Å². The molecule has 1 aromatic carbocycles. The van der Waals surface area contributed by atoms with Crippen LogP contribution in [0.1, 0.15) is 23.2 Å². The van der Waals surface area contributed by atoms with Crippen LogP contribution in [0.3, 0.4) is 0 Å². The molecule has 3 amide bonds. The number of benzene rings is 1. The summed E-state index contributed by atoms with van der Waals surface area (Å²) in [6.45, 7) is 3.80. The monoisotopic (exact) mass is 352 g/mol. The molecule has 8 heteroatoms. The van der Waals surface area contributed by atoms with E-state index < -0.39 is 11.9 Å². The summed E-state index contributed by atoms with van der Waals surface area (Å²) in [5, 5.41) is 8.21. The first-order chi connectivity index (χ1) is 11.1. The van der Waals surface area contributed by atoms with E-state index in [9.17, 15) is 14.4 Å². The van der Waals surface area contributed by atoms with Crippen molar-refractivity contribution in [1.29, 1.82) is 0 Å². The molecule has 0 saturated carbocycles. The van der Waals surface area contributed by atoms with Gasteiger partial charge in [-0.2, -0.15) is 0 Å². The summed E-state index contributed by atoms with van der Waals surface area (Å²) in [4.78, 5) is 37.3. The zero-order valence-corrected chi connectivity index (χ0v) is 14.0. The molecule has 2 heterocycles. The topological polar surface area (TPSA) is 90.5 Å². The van der Waals surface area contributed by atoms with E-state index in [0.717, 1.165) is 31.9 Å². The number of imide groups is 1. The molecule has 1 atom stereocenters. The normalized spacial score (nSPS) is 20.8. The molecular formula is C16H21ClN4O3. The van der Waals surface area contributed by atoms with Gasteiger partial charge in [0.1, 0.15) is 6.04 Å². The van der Waals surface area contributed by atoms with Crippen molar-refractivity contribution in [2.24, 2.45) is 0 Å². The van der Waals surface area contributed by atoms with Gasteiger partial charge in [0.15, 0.2) is 0 Å². The fourth-order valence-electron chi connectivity index (χ4n) is 2.82. The highest BCUT2D eigenvalue weighted by Crippen LogP contribution is 2.16. The van der Waals surface area contributed by atoms with Crippen molar-refractivity contribution in [1.82, 2.24) is 16.0 Å². The maximum atomic E-state index is 12.2. The van der Waals surface area contributed by atoms with E-state index in [1.807, 2.05) is 12.1 Å². The molecule has 24 heavy (non-hydrogen) atoms. The van der Waals surface area contributed by atoms with Gasteiger partial charge in [0.05, 0.1) is 0 Å². The SMILES string of the molecule is Cl.O=C1CCC(NC(=O)c2ccc(N3CCNCC3)cc2)C(=O)N1. The number of amides is 3. The third kappa shape index (κ3) is 4.24. The molecule has 0 spiro atoms. The number of rotatable bonds is 3. The fraction of sp³-hybridized carbons (Fsp3) is 0.438. The van der Waals surface area contributed by atoms with Crippen LogP contribution < -0.4 is 20.9 Å². The lowest BCUT2D eigenvalue weighted by molar-refractivity contribution is -0.134. The standard InChI is InChI=1S/C16H20N4O3.ClH/c21-14-6-5-13(16(23)19-14)18-15(22)11-1-3-12(4-2-11)20-9-7-17-8-10-20;/h1-4,13,17H,5-10H2,(H,18,22)(H,19,21,23);1H. The summed E-state index contributed by atoms with van der Waals surface area (Å²) in [7, 11) is 0. The molecule has 0 radical (unpaired) electrons. The Hall–Kier alpha value is -2.12. The van der Waals surface area contributed by atoms with Gasteiger partial charge in [-0.1, -0.05) is 0 Å². The number of halogens is 1. The Balaban J connectivity index is 0.00000208. The van der Waals surface area contributed by atoms with Crippen LogP contribution in [0, 0.1) is 0 Å². The van der Waals surface area contributed by atoms with Crippen LogP contribution in [0.25, 0.3) is 0 Å². The minimum atomic E-state index is -0.645. The van der Waals surface area contributed by atoms with Gasteiger partial charge in [-0.3, -0.25) is 19.7 Å². The summed E-state index contributed by atoms with van der Waals surface area (Å²) in [6.07, 6.45) is 0.591. The molecule has 2 fully saturated rings. The molecule has 0 bridgehead atoms. The molecule has 0 aliphatic carbocycles. The lowest BCUT2D eigenvalue weighted by Crippen LogP contribution is -2.52. The first-order valence-electron chi connectivity index (χ1n) is 7.84. The lowest BCUT2D eigenvalue weighted by atomic mass is 10.1. The van der Waals surface area contributed by atoms with Gasteiger partial charge in [-0.15, -0.1) is 12.4 Å². The Morgan fingerprint density at radius 1 is 1.12 bits per heavy atom. The molecule has 2 saturated heterocycles. The molecule has 1 aromatic rings. The van der Waals surface area contributed by atoms with Crippen molar-refractivity contribution in [2.75, 3.05) is 31.1 Å². The van der Waals surface area contributed by atoms with Crippen LogP contribution in [0.5, 0.6) is 0 Å². The van der Waals surface area contributed by atoms with Crippen molar-refractivity contribution in [3.05, 3.63) is 29.8 Å². The number of carbonyl (C=O) groups excluding carboxylic acids is 3. The minimum Gasteiger partial charge on any atom is -0.369 e. The Bertz CT molecular complexity index is 614. The van der Waals surface area contributed by atoms with Crippen molar-refractivity contribution in [2.45, 2.75) is 18.9 Å². The summed E-state index contributed by atoms with van der Waals surface area (Å²) in [5.41, 5.74) is 1.60. The highest BCUT2D eigenvalue weighted by atomic mass is 35.5. The minimum absolute atomic E-state index is 0. The fourth-order valence-corrected chi connectivity index (χ4v) is 2.82. The van der Waals surface area contributed by atoms with Crippen molar-refractivity contribution < 1.29 is 14.4 Å². The number of anilines is 1. The van der Waals surface area contributed by atoms with Gasteiger partial charge < -0.3 is 15.5 Å². The van der Waals surface area contributed by atoms with E-state index in [4.69, 9.17) is 0 Å². The third-order valence-electron chi connectivity index (χ3n) is 4.16. The molecule has 2 aliphatic heterocycles. The van der Waals surface area contributed by atoms with Crippen LogP contribution in [-0.4, -0.2) is 49.9 Å². The summed E-state index contributed by atoms with van der Waals surface area (Å²) in [5.74, 6) is -1.03. The van der Waals surface area contributed by atoms with Crippen molar-refractivity contribution in [3.63, 3.8) is 0 Å². The van der Waals surface area contributed by atoms with E-state index in [0.29, 0.717) is 12.0 Å². The Morgan fingerprint density at radius 2 is 1.79 bits per heavy atom. The summed E-state index contributed by atoms with van der Waals surface area (Å²) in [6, 6.07) is 6.72. The maximum absolute atomic E-state index is 12.2. The smallest absolute Gasteiger partial charge is 0.251 e. The first kappa shape index (κ1) is 18.2. The largest absolute Gasteiger partial charge is 0.369 e. The van der Waals surface area contributed by atoms with E-state index in [-0.39, 0.29) is 30.6 Å². The third-order valence-corrected chi connectivity index (χ3v) is 4.16. The van der Waals surface area contributed by atoms with Crippen LogP contribution in [0.15, 0.2) is 24.3 Å². The van der Waals surface area contributed by atoms with E-state index >= 15 is 0 Å². The van der Waals surface area contributed by atoms with Gasteiger partial charge in [0, 0.05) is 43.9 Å². The van der Waals surface area contributed by atoms with E-state index in [2.05, 4.69) is 20.9 Å². The lowest BCUT2D eigenvalue weighted by Gasteiger charge is -2.29. The number of nitrogens with zero attached hydrogens (tertiary/aromatic N) is 1. The Kier molecular flexibility index (Phi) is 6.16. The zero-order valence-electron chi connectivity index (χ0n) is 13.2. The van der Waals surface area contributed by atoms with Crippen LogP contribution in [-0.2, 0) is 9.59 Å². The van der Waals surface area contributed by atoms with Crippen LogP contribution in [0.2, 0.25) is 0 Å². The molecule has 2 aliphatic rings. The van der Waals surface area contributed by atoms with E-state index in [1.54, 1.807) is 12.1 Å². The summed E-state index contributed by atoms with van der Waals surface area (Å²) >= 11 is 0. The van der Waals surface area contributed by atoms with Crippen molar-refractivity contribution >= 4 is 35.8 Å². The van der Waals surface area contributed by atoms with Crippen molar-refractivity contribution in [3.8, 4) is 0 Å². The number of hydrogen-bond donors (Lipinski definition) is 3. The molecule has 3 N–H and O–H groups in total. The van der Waals surface area contributed by atoms with Crippen LogP contribution in [0.4, 0.5) is 5.69 Å². The average molecular weight is 353 g/mol. The predicted molar refractivity (Wildman–Crippen MR) is 92.4 cm³/mol. The predicted octanol–water partition coefficient (Wildman–Crippen LogP) is 0.0530. The van der Waals surface area contributed by atoms with Gasteiger partial charge in [0.25, 0.3) is 5.91 Å². The number of carbonyl (C=O) groups is 3. The number of nitrogens with one attached hydrogen (secondary N) is 3. The zero-order chi connectivity index (χ0) is 16.2. The second-order valence-corrected chi connectivity index (χ2v) is 5.76. The quantitative estimate of drug-likeness (QED) is 0.669. The molecule has 0 aromatic heterocycles. The first-order valence-corrected chi connectivity index (χ1v) is 7.84. The molecular weight excluding hydrogens is 332 g/mol. The second-order valence-electron chi connectivity index (χ2n) is 5.76. The second kappa shape index (κ2) is 8.12. The number of hydrogen-bond acceptors (Lipinski definition) is 5. The Morgan fingerprint density at radius 3 is 2.42 bits per heavy atom. The highest BCUT2D eigenvalue weighted by Gasteiger charge is 2.28. The molecule has 7 nitrogen and oxygen atoms in total. The van der Waals surface area contributed by atoms with Gasteiger partial charge >= 0.3 is 0 Å². The molecule has 130 valence electrons. The Labute approximate surface area is 146 Å². The maximum Gasteiger partial charge on any atom is 0.251 e. The van der Waals surface area contributed by atoms with Crippen LogP contribution >= 0.6 is 12.4 Å². The van der Waals surface area contributed by atoms with E-state index in [1.165, 1.54) is 0 Å². The highest BCUT2D eigenvalue weighted by molar-refractivity contribution is 6.03.